The molecule has 2 heterocycles. The Morgan fingerprint density at radius 3 is 2.35 bits per heavy atom. The van der Waals surface area contributed by atoms with Gasteiger partial charge in [-0.15, -0.1) is 0 Å². The molecule has 4 rings (SSSR count). The summed E-state index contributed by atoms with van der Waals surface area (Å²) in [5.74, 6) is 1.09. The lowest BCUT2D eigenvalue weighted by Gasteiger charge is -2.23. The van der Waals surface area contributed by atoms with Gasteiger partial charge >= 0.3 is 0 Å². The minimum absolute atomic E-state index is 0.0418. The second-order valence-electron chi connectivity index (χ2n) is 6.59. The Morgan fingerprint density at radius 2 is 1.77 bits per heavy atom. The van der Waals surface area contributed by atoms with Crippen molar-refractivity contribution in [3.8, 4) is 29.0 Å². The van der Waals surface area contributed by atoms with Crippen LogP contribution >= 0.6 is 0 Å². The molecule has 1 aliphatic carbocycles. The Morgan fingerprint density at radius 1 is 1.12 bits per heavy atom. The summed E-state index contributed by atoms with van der Waals surface area (Å²) in [6.45, 7) is 0. The van der Waals surface area contributed by atoms with Crippen molar-refractivity contribution in [1.82, 2.24) is 4.68 Å². The quantitative estimate of drug-likeness (QED) is 0.865. The number of nitrogens with zero attached hydrogens (tertiary/aromatic N) is 3. The summed E-state index contributed by atoms with van der Waals surface area (Å²) in [5.41, 5.74) is 3.59. The molecule has 0 atom stereocenters. The van der Waals surface area contributed by atoms with Crippen LogP contribution in [0.5, 0.6) is 5.75 Å². The Bertz CT molecular complexity index is 1020. The summed E-state index contributed by atoms with van der Waals surface area (Å²) in [6.07, 6.45) is 3.81. The van der Waals surface area contributed by atoms with E-state index in [9.17, 15) is 15.3 Å². The van der Waals surface area contributed by atoms with Crippen LogP contribution in [0.3, 0.4) is 0 Å². The summed E-state index contributed by atoms with van der Waals surface area (Å²) in [7, 11) is 1.56. The molecule has 1 aromatic carbocycles. The first-order valence-corrected chi connectivity index (χ1v) is 8.46. The third kappa shape index (κ3) is 2.21. The lowest BCUT2D eigenvalue weighted by atomic mass is 9.96. The number of benzene rings is 1. The predicted octanol–water partition coefficient (Wildman–Crippen LogP) is 2.51. The van der Waals surface area contributed by atoms with Gasteiger partial charge < -0.3 is 10.1 Å². The molecular formula is C19H17N5O2. The average molecular weight is 347 g/mol. The molecule has 7 heteroatoms. The number of hydrogen-bond acceptors (Lipinski definition) is 6. The molecule has 0 bridgehead atoms. The molecule has 1 fully saturated rings. The molecule has 1 saturated carbocycles. The van der Waals surface area contributed by atoms with Gasteiger partial charge in [0.05, 0.1) is 7.11 Å². The number of ether oxygens (including phenoxy) is 1. The fourth-order valence-electron chi connectivity index (χ4n) is 3.84. The van der Waals surface area contributed by atoms with E-state index in [1.165, 1.54) is 4.68 Å². The Kier molecular flexibility index (Phi) is 3.59. The van der Waals surface area contributed by atoms with Crippen LogP contribution in [0.2, 0.25) is 0 Å². The van der Waals surface area contributed by atoms with Gasteiger partial charge in [0.2, 0.25) is 0 Å². The van der Waals surface area contributed by atoms with Crippen molar-refractivity contribution in [1.29, 1.82) is 10.5 Å². The molecule has 2 aliphatic rings. The maximum absolute atomic E-state index is 12.9. The molecule has 0 unspecified atom stereocenters. The van der Waals surface area contributed by atoms with E-state index in [0.717, 1.165) is 25.7 Å². The van der Waals surface area contributed by atoms with Crippen molar-refractivity contribution >= 4 is 5.82 Å². The van der Waals surface area contributed by atoms with Gasteiger partial charge in [0.15, 0.2) is 0 Å². The molecule has 130 valence electrons. The van der Waals surface area contributed by atoms with Gasteiger partial charge in [0.1, 0.15) is 40.5 Å². The zero-order valence-electron chi connectivity index (χ0n) is 14.3. The van der Waals surface area contributed by atoms with E-state index in [-0.39, 0.29) is 5.56 Å². The number of nitriles is 2. The maximum atomic E-state index is 12.9. The topological polar surface area (TPSA) is 103 Å². The summed E-state index contributed by atoms with van der Waals surface area (Å²) in [5, 5.41) is 22.8. The second kappa shape index (κ2) is 5.82. The smallest absolute Gasteiger partial charge is 0.289 e. The Balaban J connectivity index is 1.96. The standard InChI is InChI=1S/C19H17N5O2/c1-26-13-6-4-12(5-7-13)16-14(10-20)17-22-19(8-2-3-9-19)23-24(17)18(25)15(16)11-21/h4-7,22-23H,2-3,8-9H2,1H3. The van der Waals surface area contributed by atoms with Gasteiger partial charge in [-0.25, -0.2) is 4.68 Å². The molecule has 0 radical (unpaired) electrons. The van der Waals surface area contributed by atoms with Crippen LogP contribution in [-0.2, 0) is 0 Å². The van der Waals surface area contributed by atoms with Crippen molar-refractivity contribution in [3.63, 3.8) is 0 Å². The fourth-order valence-corrected chi connectivity index (χ4v) is 3.84. The monoisotopic (exact) mass is 347 g/mol. The molecule has 0 saturated heterocycles. The highest BCUT2D eigenvalue weighted by atomic mass is 16.5. The van der Waals surface area contributed by atoms with Gasteiger partial charge in [-0.2, -0.15) is 10.5 Å². The fraction of sp³-hybridized carbons (Fsp3) is 0.316. The van der Waals surface area contributed by atoms with Gasteiger partial charge in [0.25, 0.3) is 5.56 Å². The Hall–Kier alpha value is -3.45. The van der Waals surface area contributed by atoms with E-state index in [4.69, 9.17) is 4.74 Å². The number of nitrogens with one attached hydrogen (secondary N) is 2. The highest BCUT2D eigenvalue weighted by molar-refractivity contribution is 5.82. The summed E-state index contributed by atoms with van der Waals surface area (Å²) < 4.78 is 6.49. The van der Waals surface area contributed by atoms with Crippen molar-refractivity contribution in [2.24, 2.45) is 0 Å². The van der Waals surface area contributed by atoms with E-state index < -0.39 is 11.2 Å². The molecule has 2 N–H and O–H groups in total. The lowest BCUT2D eigenvalue weighted by Crippen LogP contribution is -2.42. The van der Waals surface area contributed by atoms with Crippen molar-refractivity contribution in [3.05, 3.63) is 45.7 Å². The van der Waals surface area contributed by atoms with Crippen LogP contribution in [0, 0.1) is 22.7 Å². The largest absolute Gasteiger partial charge is 0.497 e. The molecule has 7 nitrogen and oxygen atoms in total. The van der Waals surface area contributed by atoms with Crippen molar-refractivity contribution in [2.75, 3.05) is 17.9 Å². The number of fused-ring (bicyclic) bond motifs is 1. The van der Waals surface area contributed by atoms with Gasteiger partial charge in [-0.3, -0.25) is 10.2 Å². The number of rotatable bonds is 2. The van der Waals surface area contributed by atoms with E-state index in [1.54, 1.807) is 31.4 Å². The minimum atomic E-state index is -0.441. The summed E-state index contributed by atoms with van der Waals surface area (Å²) >= 11 is 0. The summed E-state index contributed by atoms with van der Waals surface area (Å²) in [6, 6.07) is 11.2. The second-order valence-corrected chi connectivity index (χ2v) is 6.59. The lowest BCUT2D eigenvalue weighted by molar-refractivity contribution is 0.415. The molecule has 1 aromatic heterocycles. The number of aromatic nitrogens is 1. The third-order valence-electron chi connectivity index (χ3n) is 5.12. The van der Waals surface area contributed by atoms with E-state index >= 15 is 0 Å². The van der Waals surface area contributed by atoms with Crippen LogP contribution in [0.1, 0.15) is 36.8 Å². The maximum Gasteiger partial charge on any atom is 0.289 e. The minimum Gasteiger partial charge on any atom is -0.497 e. The van der Waals surface area contributed by atoms with Crippen LogP contribution in [0.15, 0.2) is 29.1 Å². The number of hydrogen-bond donors (Lipinski definition) is 2. The van der Waals surface area contributed by atoms with Crippen LogP contribution in [0.4, 0.5) is 5.82 Å². The molecule has 1 spiro atoms. The van der Waals surface area contributed by atoms with Gasteiger partial charge in [0, 0.05) is 5.56 Å². The number of pyridine rings is 1. The molecule has 0 amide bonds. The molecule has 1 aliphatic heterocycles. The normalized spacial score (nSPS) is 16.3. The van der Waals surface area contributed by atoms with E-state index in [1.807, 2.05) is 6.07 Å². The van der Waals surface area contributed by atoms with Crippen LogP contribution in [-0.4, -0.2) is 17.4 Å². The molecule has 2 aromatic rings. The third-order valence-corrected chi connectivity index (χ3v) is 5.12. The zero-order chi connectivity index (χ0) is 18.3. The first-order valence-electron chi connectivity index (χ1n) is 8.46. The molecule has 26 heavy (non-hydrogen) atoms. The van der Waals surface area contributed by atoms with Gasteiger partial charge in [-0.05, 0) is 43.4 Å². The number of anilines is 1. The van der Waals surface area contributed by atoms with Crippen LogP contribution in [0.25, 0.3) is 11.1 Å². The zero-order valence-corrected chi connectivity index (χ0v) is 14.3. The molecular weight excluding hydrogens is 330 g/mol. The predicted molar refractivity (Wildman–Crippen MR) is 96.3 cm³/mol. The average Bonchev–Trinajstić information content (AvgIpc) is 3.29. The van der Waals surface area contributed by atoms with Crippen molar-refractivity contribution in [2.45, 2.75) is 31.3 Å². The first kappa shape index (κ1) is 16.0. The Labute approximate surface area is 150 Å². The highest BCUT2D eigenvalue weighted by Crippen LogP contribution is 2.39. The van der Waals surface area contributed by atoms with Crippen LogP contribution < -0.4 is 21.0 Å². The van der Waals surface area contributed by atoms with Crippen molar-refractivity contribution < 1.29 is 4.74 Å². The number of methoxy groups -OCH3 is 1. The first-order chi connectivity index (χ1) is 12.6. The van der Waals surface area contributed by atoms with Gasteiger partial charge in [-0.1, -0.05) is 12.1 Å². The van der Waals surface area contributed by atoms with E-state index in [2.05, 4.69) is 16.8 Å². The highest BCUT2D eigenvalue weighted by Gasteiger charge is 2.42. The van der Waals surface area contributed by atoms with E-state index in [0.29, 0.717) is 28.3 Å². The summed E-state index contributed by atoms with van der Waals surface area (Å²) in [4.78, 5) is 12.9. The SMILES string of the molecule is COc1ccc(-c2c(C#N)c3n(c(=O)c2C#N)NC2(CCCC2)N3)cc1.